The minimum Gasteiger partial charge on any atom is -0.497 e. The summed E-state index contributed by atoms with van der Waals surface area (Å²) in [5.41, 5.74) is 12.8. The molecular formula is C35H42N8O10. The molecule has 6 atom stereocenters. The van der Waals surface area contributed by atoms with E-state index in [1.807, 2.05) is 0 Å². The summed E-state index contributed by atoms with van der Waals surface area (Å²) in [6, 6.07) is 8.44. The van der Waals surface area contributed by atoms with E-state index in [-0.39, 0.29) is 29.8 Å². The maximum Gasteiger partial charge on any atom is 0.408 e. The Kier molecular flexibility index (Phi) is 11.4. The van der Waals surface area contributed by atoms with Gasteiger partial charge in [0.15, 0.2) is 23.8 Å². The zero-order chi connectivity index (χ0) is 38.6. The number of alkyl carbamates (subject to hydrolysis) is 1. The number of carbonyl (C=O) groups excluding carboxylic acids is 3. The number of fused-ring (bicyclic) bond motifs is 1. The zero-order valence-electron chi connectivity index (χ0n) is 29.7. The van der Waals surface area contributed by atoms with Crippen LogP contribution in [0.3, 0.4) is 0 Å². The van der Waals surface area contributed by atoms with Crippen molar-refractivity contribution in [3.8, 4) is 11.5 Å². The number of aromatic nitrogens is 4. The smallest absolute Gasteiger partial charge is 0.408 e. The largest absolute Gasteiger partial charge is 0.497 e. The summed E-state index contributed by atoms with van der Waals surface area (Å²) in [5, 5.41) is 24.8. The number of nitrogens with zero attached hydrogens (tertiary/aromatic N) is 5. The van der Waals surface area contributed by atoms with Gasteiger partial charge in [-0.15, -0.1) is 0 Å². The van der Waals surface area contributed by atoms with Gasteiger partial charge in [-0.3, -0.25) is 19.1 Å². The minimum absolute atomic E-state index is 0.0126. The standard InChI is InChI=1S/C35H42N8O10/c1-35(2,3)53-34(49)41-23(15-19-8-12-21(51-5)13-9-19)31(46)43(30(45)22(36)14-18-6-10-20(50-4)11-7-18)25-26(44)32(52-27(25)33(47)48)42-17-40-24-28(37)38-16-39-29(24)42/h6-13,16-17,22-23,25-27,32,44H,14-15,36H2,1-5H3,(H,41,49)(H,47,48)(H2,37,38,39)/t22-,23-,25-,26+,27-,32-/m0/s1. The highest BCUT2D eigenvalue weighted by molar-refractivity contribution is 6.02. The number of hydrogen-bond acceptors (Lipinski definition) is 14. The number of imide groups is 1. The Hall–Kier alpha value is -5.85. The van der Waals surface area contributed by atoms with E-state index in [0.717, 1.165) is 6.33 Å². The molecule has 1 fully saturated rings. The average molecular weight is 735 g/mol. The fraction of sp³-hybridized carbons (Fsp3) is 0.400. The number of aliphatic hydroxyl groups excluding tert-OH is 1. The van der Waals surface area contributed by atoms with Gasteiger partial charge >= 0.3 is 12.1 Å². The third kappa shape index (κ3) is 8.62. The maximum atomic E-state index is 14.8. The molecule has 7 N–H and O–H groups in total. The Labute approximate surface area is 304 Å². The molecule has 2 aromatic carbocycles. The number of benzene rings is 2. The summed E-state index contributed by atoms with van der Waals surface area (Å²) < 4.78 is 23.0. The van der Waals surface area contributed by atoms with Crippen molar-refractivity contribution in [3.63, 3.8) is 0 Å². The number of methoxy groups -OCH3 is 2. The number of carboxylic acids is 1. The molecule has 0 aliphatic carbocycles. The van der Waals surface area contributed by atoms with Crippen LogP contribution >= 0.6 is 0 Å². The molecule has 0 unspecified atom stereocenters. The van der Waals surface area contributed by atoms with Gasteiger partial charge in [-0.05, 0) is 62.6 Å². The SMILES string of the molecule is COc1ccc(C[C@H](NC(=O)OC(C)(C)C)C(=O)N(C(=O)[C@@H](N)Cc2ccc(OC)cc2)[C@H]2[C@@H](O)[C@@H](n3cnc4c(N)ncnc43)O[C@@H]2C(=O)O)cc1. The Morgan fingerprint density at radius 3 is 2.08 bits per heavy atom. The molecule has 1 aliphatic heterocycles. The van der Waals surface area contributed by atoms with E-state index in [2.05, 4.69) is 20.3 Å². The van der Waals surface area contributed by atoms with Crippen LogP contribution in [-0.2, 0) is 36.7 Å². The van der Waals surface area contributed by atoms with Gasteiger partial charge in [0, 0.05) is 6.42 Å². The molecular weight excluding hydrogens is 692 g/mol. The van der Waals surface area contributed by atoms with Crippen molar-refractivity contribution in [2.75, 3.05) is 20.0 Å². The molecule has 18 nitrogen and oxygen atoms in total. The zero-order valence-corrected chi connectivity index (χ0v) is 29.7. The molecule has 3 amide bonds. The lowest BCUT2D eigenvalue weighted by Crippen LogP contribution is -2.63. The van der Waals surface area contributed by atoms with Crippen LogP contribution in [0, 0.1) is 0 Å². The third-order valence-corrected chi connectivity index (χ3v) is 8.44. The number of aliphatic hydroxyl groups is 1. The normalized spacial score (nSPS) is 19.6. The fourth-order valence-corrected chi connectivity index (χ4v) is 5.94. The highest BCUT2D eigenvalue weighted by atomic mass is 16.6. The first kappa shape index (κ1) is 38.4. The highest BCUT2D eigenvalue weighted by Crippen LogP contribution is 2.36. The second-order valence-corrected chi connectivity index (χ2v) is 13.3. The molecule has 0 bridgehead atoms. The summed E-state index contributed by atoms with van der Waals surface area (Å²) in [6.45, 7) is 4.88. The van der Waals surface area contributed by atoms with E-state index in [9.17, 15) is 29.4 Å². The van der Waals surface area contributed by atoms with Crippen LogP contribution in [0.1, 0.15) is 38.1 Å². The van der Waals surface area contributed by atoms with Crippen LogP contribution < -0.4 is 26.3 Å². The van der Waals surface area contributed by atoms with Crippen molar-refractivity contribution in [1.29, 1.82) is 0 Å². The second kappa shape index (κ2) is 15.8. The van der Waals surface area contributed by atoms with Crippen LogP contribution in [0.2, 0.25) is 0 Å². The van der Waals surface area contributed by atoms with Crippen molar-refractivity contribution in [1.82, 2.24) is 29.7 Å². The Bertz CT molecular complexity index is 1950. The van der Waals surface area contributed by atoms with Crippen LogP contribution in [0.25, 0.3) is 11.2 Å². The molecule has 5 rings (SSSR count). The van der Waals surface area contributed by atoms with Crippen LogP contribution in [0.4, 0.5) is 10.6 Å². The highest BCUT2D eigenvalue weighted by Gasteiger charge is 2.55. The lowest BCUT2D eigenvalue weighted by Gasteiger charge is -2.35. The number of nitrogen functional groups attached to an aromatic ring is 1. The van der Waals surface area contributed by atoms with E-state index in [4.69, 9.17) is 30.4 Å². The van der Waals surface area contributed by atoms with Crippen LogP contribution in [0.15, 0.2) is 61.2 Å². The number of hydrogen-bond donors (Lipinski definition) is 5. The summed E-state index contributed by atoms with van der Waals surface area (Å²) in [6.07, 6.45) is -4.30. The van der Waals surface area contributed by atoms with Crippen molar-refractivity contribution in [2.45, 2.75) is 75.8 Å². The second-order valence-electron chi connectivity index (χ2n) is 13.3. The number of nitrogens with two attached hydrogens (primary N) is 2. The average Bonchev–Trinajstić information content (AvgIpc) is 3.69. The van der Waals surface area contributed by atoms with Crippen molar-refractivity contribution in [3.05, 3.63) is 72.3 Å². The summed E-state index contributed by atoms with van der Waals surface area (Å²) in [4.78, 5) is 68.1. The first-order chi connectivity index (χ1) is 25.1. The molecule has 282 valence electrons. The van der Waals surface area contributed by atoms with Gasteiger partial charge in [-0.2, -0.15) is 0 Å². The first-order valence-electron chi connectivity index (χ1n) is 16.5. The molecule has 0 saturated carbocycles. The quantitative estimate of drug-likeness (QED) is 0.137. The van der Waals surface area contributed by atoms with Crippen LogP contribution in [0.5, 0.6) is 11.5 Å². The Morgan fingerprint density at radius 1 is 0.943 bits per heavy atom. The van der Waals surface area contributed by atoms with E-state index < -0.39 is 66.0 Å². The van der Waals surface area contributed by atoms with Crippen molar-refractivity contribution >= 4 is 40.9 Å². The number of nitrogens with one attached hydrogen (secondary N) is 1. The lowest BCUT2D eigenvalue weighted by atomic mass is 9.97. The maximum absolute atomic E-state index is 14.8. The molecule has 53 heavy (non-hydrogen) atoms. The number of rotatable bonds is 12. The predicted octanol–water partition coefficient (Wildman–Crippen LogP) is 1.20. The molecule has 18 heteroatoms. The number of carboxylic acid groups (broad SMARTS) is 1. The number of amides is 3. The number of aliphatic carboxylic acids is 1. The molecule has 4 aromatic rings. The lowest BCUT2D eigenvalue weighted by molar-refractivity contribution is -0.159. The van der Waals surface area contributed by atoms with Gasteiger partial charge in [-0.1, -0.05) is 24.3 Å². The molecule has 2 aromatic heterocycles. The van der Waals surface area contributed by atoms with Gasteiger partial charge in [-0.25, -0.2) is 24.5 Å². The number of ether oxygens (including phenoxy) is 4. The van der Waals surface area contributed by atoms with Crippen molar-refractivity contribution < 1.29 is 48.3 Å². The Morgan fingerprint density at radius 2 is 1.53 bits per heavy atom. The van der Waals surface area contributed by atoms with E-state index in [0.29, 0.717) is 27.5 Å². The van der Waals surface area contributed by atoms with Gasteiger partial charge in [0.1, 0.15) is 47.1 Å². The molecule has 1 saturated heterocycles. The van der Waals surface area contributed by atoms with Crippen LogP contribution in [-0.4, -0.2) is 109 Å². The summed E-state index contributed by atoms with van der Waals surface area (Å²) in [7, 11) is 2.98. The summed E-state index contributed by atoms with van der Waals surface area (Å²) in [5.74, 6) is -2.63. The van der Waals surface area contributed by atoms with Gasteiger partial charge in [0.2, 0.25) is 5.91 Å². The fourth-order valence-electron chi connectivity index (χ4n) is 5.94. The molecule has 3 heterocycles. The topological polar surface area (TPSA) is 257 Å². The predicted molar refractivity (Wildman–Crippen MR) is 187 cm³/mol. The van der Waals surface area contributed by atoms with Gasteiger partial charge in [0.25, 0.3) is 5.91 Å². The Balaban J connectivity index is 1.59. The van der Waals surface area contributed by atoms with E-state index >= 15 is 0 Å². The van der Waals surface area contributed by atoms with Gasteiger partial charge < -0.3 is 45.9 Å². The van der Waals surface area contributed by atoms with Crippen molar-refractivity contribution in [2.24, 2.45) is 5.73 Å². The molecule has 1 aliphatic rings. The number of imidazole rings is 1. The molecule has 0 spiro atoms. The minimum atomic E-state index is -1.98. The first-order valence-corrected chi connectivity index (χ1v) is 16.5. The van der Waals surface area contributed by atoms with E-state index in [1.165, 1.54) is 25.1 Å². The number of anilines is 1. The number of carbonyl (C=O) groups is 4. The summed E-state index contributed by atoms with van der Waals surface area (Å²) >= 11 is 0. The monoisotopic (exact) mass is 734 g/mol. The van der Waals surface area contributed by atoms with Gasteiger partial charge in [0.05, 0.1) is 26.6 Å². The molecule has 0 radical (unpaired) electrons. The third-order valence-electron chi connectivity index (χ3n) is 8.44. The van der Waals surface area contributed by atoms with E-state index in [1.54, 1.807) is 69.3 Å².